The lowest BCUT2D eigenvalue weighted by molar-refractivity contribution is -0.145. The first-order chi connectivity index (χ1) is 18.4. The van der Waals surface area contributed by atoms with Crippen molar-refractivity contribution in [2.75, 3.05) is 0 Å². The molecule has 0 aliphatic carbocycles. The predicted molar refractivity (Wildman–Crippen MR) is 165 cm³/mol. The Bertz CT molecular complexity index is 1830. The second kappa shape index (κ2) is 10.4. The van der Waals surface area contributed by atoms with Crippen molar-refractivity contribution in [3.05, 3.63) is 104 Å². The van der Waals surface area contributed by atoms with Gasteiger partial charge in [0.2, 0.25) is 0 Å². The SMILES string of the molecule is O=C(O)C(Cc1cccnc1)Oc1c(Br)cc(-c2c3ccccc3c(Br)c3sc4ccccc4c23)cc1Br. The molecule has 0 amide bonds. The van der Waals surface area contributed by atoms with Crippen molar-refractivity contribution < 1.29 is 14.6 Å². The number of nitrogens with zero attached hydrogens (tertiary/aromatic N) is 1. The summed E-state index contributed by atoms with van der Waals surface area (Å²) in [6, 6.07) is 24.5. The number of hydrogen-bond acceptors (Lipinski definition) is 4. The average molecular weight is 712 g/mol. The maximum atomic E-state index is 12.1. The normalized spacial score (nSPS) is 12.3. The molecule has 0 spiro atoms. The number of rotatable bonds is 6. The highest BCUT2D eigenvalue weighted by Crippen LogP contribution is 2.50. The van der Waals surface area contributed by atoms with E-state index < -0.39 is 12.1 Å². The number of thiophene rings is 1. The van der Waals surface area contributed by atoms with Crippen LogP contribution in [0.15, 0.2) is 98.6 Å². The molecule has 4 nitrogen and oxygen atoms in total. The van der Waals surface area contributed by atoms with E-state index in [0.717, 1.165) is 31.9 Å². The van der Waals surface area contributed by atoms with E-state index in [9.17, 15) is 9.90 Å². The maximum Gasteiger partial charge on any atom is 0.345 e. The number of benzene rings is 4. The van der Waals surface area contributed by atoms with Crippen molar-refractivity contribution >= 4 is 96.0 Å². The zero-order valence-corrected chi connectivity index (χ0v) is 25.2. The van der Waals surface area contributed by atoms with E-state index in [1.807, 2.05) is 24.3 Å². The minimum Gasteiger partial charge on any atom is -0.478 e. The summed E-state index contributed by atoms with van der Waals surface area (Å²) in [5.41, 5.74) is 2.90. The van der Waals surface area contributed by atoms with Crippen LogP contribution in [0.4, 0.5) is 0 Å². The van der Waals surface area contributed by atoms with Gasteiger partial charge < -0.3 is 9.84 Å². The molecule has 4 aromatic carbocycles. The number of carbonyl (C=O) groups is 1. The smallest absolute Gasteiger partial charge is 0.345 e. The number of carboxylic acids is 1. The first-order valence-corrected chi connectivity index (χ1v) is 14.9. The van der Waals surface area contributed by atoms with Crippen LogP contribution in [0.1, 0.15) is 5.56 Å². The lowest BCUT2D eigenvalue weighted by Crippen LogP contribution is -2.29. The molecule has 8 heteroatoms. The Labute approximate surface area is 247 Å². The second-order valence-electron chi connectivity index (χ2n) is 8.82. The van der Waals surface area contributed by atoms with Gasteiger partial charge in [0.1, 0.15) is 5.75 Å². The third-order valence-corrected chi connectivity index (χ3v) is 9.90. The van der Waals surface area contributed by atoms with Crippen LogP contribution in [0.5, 0.6) is 5.75 Å². The number of hydrogen-bond donors (Lipinski definition) is 1. The van der Waals surface area contributed by atoms with Gasteiger partial charge in [-0.2, -0.15) is 0 Å². The van der Waals surface area contributed by atoms with Crippen LogP contribution in [0, 0.1) is 0 Å². The van der Waals surface area contributed by atoms with Crippen molar-refractivity contribution in [3.8, 4) is 16.9 Å². The Morgan fingerprint density at radius 2 is 1.61 bits per heavy atom. The van der Waals surface area contributed by atoms with Crippen molar-refractivity contribution in [2.24, 2.45) is 0 Å². The summed E-state index contributed by atoms with van der Waals surface area (Å²) >= 11 is 13.0. The van der Waals surface area contributed by atoms with Gasteiger partial charge in [0, 0.05) is 38.8 Å². The van der Waals surface area contributed by atoms with Crippen molar-refractivity contribution in [1.82, 2.24) is 4.98 Å². The summed E-state index contributed by atoms with van der Waals surface area (Å²) in [4.78, 5) is 16.1. The predicted octanol–water partition coefficient (Wildman–Crippen LogP) is 9.63. The molecule has 0 aliphatic heterocycles. The summed E-state index contributed by atoms with van der Waals surface area (Å²) in [6.45, 7) is 0. The summed E-state index contributed by atoms with van der Waals surface area (Å²) in [6.07, 6.45) is 2.44. The summed E-state index contributed by atoms with van der Waals surface area (Å²) < 4.78 is 10.9. The Morgan fingerprint density at radius 3 is 2.29 bits per heavy atom. The van der Waals surface area contributed by atoms with E-state index in [1.165, 1.54) is 20.2 Å². The largest absolute Gasteiger partial charge is 0.478 e. The van der Waals surface area contributed by atoms with Gasteiger partial charge in [-0.05, 0) is 99.5 Å². The molecular formula is C30H18Br3NO3S. The number of pyridine rings is 1. The molecule has 0 saturated heterocycles. The molecule has 0 radical (unpaired) electrons. The van der Waals surface area contributed by atoms with E-state index in [4.69, 9.17) is 4.74 Å². The molecule has 0 fully saturated rings. The summed E-state index contributed by atoms with van der Waals surface area (Å²) in [5, 5.41) is 14.5. The first-order valence-electron chi connectivity index (χ1n) is 11.7. The third-order valence-electron chi connectivity index (χ3n) is 6.44. The number of ether oxygens (including phenoxy) is 1. The summed E-state index contributed by atoms with van der Waals surface area (Å²) in [5.74, 6) is -0.597. The van der Waals surface area contributed by atoms with Crippen molar-refractivity contribution in [2.45, 2.75) is 12.5 Å². The number of halogens is 3. The molecule has 0 bridgehead atoms. The van der Waals surface area contributed by atoms with Gasteiger partial charge in [-0.3, -0.25) is 4.98 Å². The molecule has 1 atom stereocenters. The van der Waals surface area contributed by atoms with Crippen molar-refractivity contribution in [3.63, 3.8) is 0 Å². The lowest BCUT2D eigenvalue weighted by atomic mass is 9.93. The zero-order valence-electron chi connectivity index (χ0n) is 19.6. The van der Waals surface area contributed by atoms with E-state index >= 15 is 0 Å². The molecule has 1 N–H and O–H groups in total. The summed E-state index contributed by atoms with van der Waals surface area (Å²) in [7, 11) is 0. The molecular weight excluding hydrogens is 694 g/mol. The van der Waals surface area contributed by atoms with E-state index in [-0.39, 0.29) is 6.42 Å². The van der Waals surface area contributed by atoms with E-state index in [1.54, 1.807) is 29.8 Å². The molecule has 2 heterocycles. The molecule has 1 unspecified atom stereocenters. The number of fused-ring (bicyclic) bond motifs is 4. The van der Waals surface area contributed by atoms with Crippen LogP contribution < -0.4 is 4.74 Å². The number of aliphatic carboxylic acids is 1. The van der Waals surface area contributed by atoms with Gasteiger partial charge in [0.25, 0.3) is 0 Å². The van der Waals surface area contributed by atoms with Crippen LogP contribution in [0.25, 0.3) is 42.1 Å². The van der Waals surface area contributed by atoms with Crippen LogP contribution in [0.2, 0.25) is 0 Å². The van der Waals surface area contributed by atoms with Crippen LogP contribution >= 0.6 is 59.1 Å². The highest BCUT2D eigenvalue weighted by molar-refractivity contribution is 9.11. The minimum atomic E-state index is -1.07. The highest BCUT2D eigenvalue weighted by atomic mass is 79.9. The van der Waals surface area contributed by atoms with Gasteiger partial charge in [-0.15, -0.1) is 11.3 Å². The molecule has 0 saturated carbocycles. The minimum absolute atomic E-state index is 0.197. The Kier molecular flexibility index (Phi) is 6.99. The fraction of sp³-hybridized carbons (Fsp3) is 0.0667. The van der Waals surface area contributed by atoms with Crippen LogP contribution in [-0.2, 0) is 11.2 Å². The number of carboxylic acid groups (broad SMARTS) is 1. The Morgan fingerprint density at radius 1 is 0.921 bits per heavy atom. The molecule has 6 rings (SSSR count). The number of aromatic nitrogens is 1. The van der Waals surface area contributed by atoms with Gasteiger partial charge >= 0.3 is 5.97 Å². The monoisotopic (exact) mass is 709 g/mol. The third kappa shape index (κ3) is 4.53. The topological polar surface area (TPSA) is 59.4 Å². The fourth-order valence-electron chi connectivity index (χ4n) is 4.77. The van der Waals surface area contributed by atoms with Gasteiger partial charge in [-0.1, -0.05) is 48.5 Å². The second-order valence-corrected chi connectivity index (χ2v) is 12.4. The van der Waals surface area contributed by atoms with Crippen molar-refractivity contribution in [1.29, 1.82) is 0 Å². The Hall–Kier alpha value is -2.78. The van der Waals surface area contributed by atoms with Gasteiger partial charge in [0.15, 0.2) is 6.10 Å². The molecule has 0 aliphatic rings. The average Bonchev–Trinajstić information content (AvgIpc) is 3.30. The maximum absolute atomic E-state index is 12.1. The van der Waals surface area contributed by atoms with Crippen LogP contribution in [0.3, 0.4) is 0 Å². The standard InChI is InChI=1S/C30H18Br3NO3S/c31-21-13-17(14-22(32)28(21)37-23(30(35)36)12-16-6-5-11-34-15-16)25-18-7-1-2-8-19(18)27(33)29-26(25)20-9-3-4-10-24(20)38-29/h1-11,13-15,23H,12H2,(H,35,36). The molecule has 38 heavy (non-hydrogen) atoms. The van der Waals surface area contributed by atoms with Crippen LogP contribution in [-0.4, -0.2) is 22.2 Å². The lowest BCUT2D eigenvalue weighted by Gasteiger charge is -2.19. The van der Waals surface area contributed by atoms with E-state index in [2.05, 4.69) is 95.2 Å². The fourth-order valence-corrected chi connectivity index (χ4v) is 8.09. The zero-order chi connectivity index (χ0) is 26.4. The molecule has 2 aromatic heterocycles. The highest BCUT2D eigenvalue weighted by Gasteiger charge is 2.25. The Balaban J connectivity index is 1.52. The molecule has 188 valence electrons. The molecule has 6 aromatic rings. The van der Waals surface area contributed by atoms with Gasteiger partial charge in [-0.25, -0.2) is 4.79 Å². The van der Waals surface area contributed by atoms with E-state index in [0.29, 0.717) is 14.7 Å². The first kappa shape index (κ1) is 25.5. The quantitative estimate of drug-likeness (QED) is 0.187. The van der Waals surface area contributed by atoms with Gasteiger partial charge in [0.05, 0.1) is 13.6 Å².